The van der Waals surface area contributed by atoms with Gasteiger partial charge >= 0.3 is 5.97 Å². The van der Waals surface area contributed by atoms with E-state index < -0.39 is 5.97 Å². The zero-order valence-electron chi connectivity index (χ0n) is 10.2. The summed E-state index contributed by atoms with van der Waals surface area (Å²) in [7, 11) is 0. The number of carbonyl (C=O) groups is 2. The number of hydrogen-bond acceptors (Lipinski definition) is 4. The smallest absolute Gasteiger partial charge is 0.306 e. The Hall–Kier alpha value is -1.98. The van der Waals surface area contributed by atoms with Crippen LogP contribution in [0.25, 0.3) is 0 Å². The first-order valence-electron chi connectivity index (χ1n) is 5.89. The SMILES string of the molecule is Cc1nccc(C(=O)N2CCC(C(=O)O)CC2)n1. The van der Waals surface area contributed by atoms with Crippen LogP contribution in [0.2, 0.25) is 0 Å². The van der Waals surface area contributed by atoms with Crippen LogP contribution in [0.3, 0.4) is 0 Å². The van der Waals surface area contributed by atoms with Crippen molar-refractivity contribution in [2.45, 2.75) is 19.8 Å². The predicted molar refractivity (Wildman–Crippen MR) is 63.0 cm³/mol. The molecule has 1 N–H and O–H groups in total. The van der Waals surface area contributed by atoms with Gasteiger partial charge in [0.1, 0.15) is 11.5 Å². The summed E-state index contributed by atoms with van der Waals surface area (Å²) in [5, 5.41) is 8.89. The highest BCUT2D eigenvalue weighted by molar-refractivity contribution is 5.92. The van der Waals surface area contributed by atoms with Crippen molar-refractivity contribution in [3.05, 3.63) is 23.8 Å². The minimum atomic E-state index is -0.778. The van der Waals surface area contributed by atoms with Crippen LogP contribution in [0.4, 0.5) is 0 Å². The second kappa shape index (κ2) is 5.12. The molecule has 1 amide bonds. The maximum absolute atomic E-state index is 12.1. The minimum Gasteiger partial charge on any atom is -0.481 e. The van der Waals surface area contributed by atoms with Crippen LogP contribution in [0, 0.1) is 12.8 Å². The molecule has 0 aromatic carbocycles. The van der Waals surface area contributed by atoms with Crippen molar-refractivity contribution in [1.82, 2.24) is 14.9 Å². The maximum atomic E-state index is 12.1. The fourth-order valence-electron chi connectivity index (χ4n) is 2.07. The quantitative estimate of drug-likeness (QED) is 0.835. The first kappa shape index (κ1) is 12.5. The summed E-state index contributed by atoms with van der Waals surface area (Å²) >= 11 is 0. The number of carboxylic acid groups (broad SMARTS) is 1. The van der Waals surface area contributed by atoms with Crippen molar-refractivity contribution in [3.63, 3.8) is 0 Å². The predicted octanol–water partition coefficient (Wildman–Crippen LogP) is 0.722. The number of aromatic nitrogens is 2. The summed E-state index contributed by atoms with van der Waals surface area (Å²) in [6.45, 7) is 2.67. The molecule has 0 bridgehead atoms. The Balaban J connectivity index is 2.02. The van der Waals surface area contributed by atoms with E-state index in [1.807, 2.05) is 0 Å². The Labute approximate surface area is 105 Å². The van der Waals surface area contributed by atoms with Crippen molar-refractivity contribution in [3.8, 4) is 0 Å². The lowest BCUT2D eigenvalue weighted by molar-refractivity contribution is -0.143. The van der Waals surface area contributed by atoms with Gasteiger partial charge in [-0.05, 0) is 25.8 Å². The van der Waals surface area contributed by atoms with E-state index in [-0.39, 0.29) is 11.8 Å². The maximum Gasteiger partial charge on any atom is 0.306 e. The van der Waals surface area contributed by atoms with Gasteiger partial charge in [-0.2, -0.15) is 0 Å². The number of carbonyl (C=O) groups excluding carboxylic acids is 1. The number of likely N-dealkylation sites (tertiary alicyclic amines) is 1. The van der Waals surface area contributed by atoms with Crippen LogP contribution in [-0.2, 0) is 4.79 Å². The largest absolute Gasteiger partial charge is 0.481 e. The molecule has 0 radical (unpaired) electrons. The van der Waals surface area contributed by atoms with Gasteiger partial charge in [0.25, 0.3) is 5.91 Å². The molecule has 1 aliphatic rings. The third-order valence-corrected chi connectivity index (χ3v) is 3.13. The molecular weight excluding hydrogens is 234 g/mol. The van der Waals surface area contributed by atoms with Gasteiger partial charge in [0.15, 0.2) is 0 Å². The van der Waals surface area contributed by atoms with Gasteiger partial charge in [-0.1, -0.05) is 0 Å². The van der Waals surface area contributed by atoms with Gasteiger partial charge in [0, 0.05) is 19.3 Å². The molecule has 1 saturated heterocycles. The fraction of sp³-hybridized carbons (Fsp3) is 0.500. The van der Waals surface area contributed by atoms with Crippen LogP contribution in [-0.4, -0.2) is 44.9 Å². The van der Waals surface area contributed by atoms with Crippen molar-refractivity contribution in [1.29, 1.82) is 0 Å². The molecule has 2 rings (SSSR count). The molecule has 6 nitrogen and oxygen atoms in total. The van der Waals surface area contributed by atoms with Crippen LogP contribution in [0.15, 0.2) is 12.3 Å². The average Bonchev–Trinajstić information content (AvgIpc) is 2.38. The lowest BCUT2D eigenvalue weighted by Crippen LogP contribution is -2.40. The van der Waals surface area contributed by atoms with E-state index in [1.165, 1.54) is 0 Å². The van der Waals surface area contributed by atoms with Crippen LogP contribution in [0.1, 0.15) is 29.2 Å². The molecule has 6 heteroatoms. The van der Waals surface area contributed by atoms with Crippen LogP contribution < -0.4 is 0 Å². The van der Waals surface area contributed by atoms with E-state index >= 15 is 0 Å². The van der Waals surface area contributed by atoms with Gasteiger partial charge in [0.2, 0.25) is 0 Å². The molecular formula is C12H15N3O3. The number of aryl methyl sites for hydroxylation is 1. The van der Waals surface area contributed by atoms with Gasteiger partial charge < -0.3 is 10.0 Å². The van der Waals surface area contributed by atoms with Crippen molar-refractivity contribution < 1.29 is 14.7 Å². The van der Waals surface area contributed by atoms with Crippen molar-refractivity contribution in [2.24, 2.45) is 5.92 Å². The monoisotopic (exact) mass is 249 g/mol. The zero-order valence-corrected chi connectivity index (χ0v) is 10.2. The Morgan fingerprint density at radius 2 is 2.06 bits per heavy atom. The summed E-state index contributed by atoms with van der Waals surface area (Å²) < 4.78 is 0. The van der Waals surface area contributed by atoms with E-state index in [0.717, 1.165) is 0 Å². The molecule has 1 fully saturated rings. The summed E-state index contributed by atoms with van der Waals surface area (Å²) in [5.74, 6) is -0.702. The number of nitrogens with zero attached hydrogens (tertiary/aromatic N) is 3. The fourth-order valence-corrected chi connectivity index (χ4v) is 2.07. The Bertz CT molecular complexity index is 467. The zero-order chi connectivity index (χ0) is 13.1. The molecule has 18 heavy (non-hydrogen) atoms. The molecule has 0 atom stereocenters. The van der Waals surface area contributed by atoms with Crippen molar-refractivity contribution in [2.75, 3.05) is 13.1 Å². The number of aliphatic carboxylic acids is 1. The number of rotatable bonds is 2. The Morgan fingerprint density at radius 3 is 2.61 bits per heavy atom. The summed E-state index contributed by atoms with van der Waals surface area (Å²) in [6, 6.07) is 1.58. The van der Waals surface area contributed by atoms with Gasteiger partial charge in [0.05, 0.1) is 5.92 Å². The number of piperidine rings is 1. The summed E-state index contributed by atoms with van der Waals surface area (Å²) in [4.78, 5) is 32.6. The van der Waals surface area contributed by atoms with Gasteiger partial charge in [-0.15, -0.1) is 0 Å². The molecule has 1 aliphatic heterocycles. The van der Waals surface area contributed by atoms with E-state index in [2.05, 4.69) is 9.97 Å². The van der Waals surface area contributed by atoms with E-state index in [1.54, 1.807) is 24.1 Å². The Kier molecular flexibility index (Phi) is 3.55. The minimum absolute atomic E-state index is 0.149. The van der Waals surface area contributed by atoms with Gasteiger partial charge in [-0.25, -0.2) is 9.97 Å². The molecule has 0 unspecified atom stereocenters. The van der Waals surface area contributed by atoms with Gasteiger partial charge in [-0.3, -0.25) is 9.59 Å². The normalized spacial score (nSPS) is 16.6. The summed E-state index contributed by atoms with van der Waals surface area (Å²) in [6.07, 6.45) is 2.57. The molecule has 1 aromatic heterocycles. The van der Waals surface area contributed by atoms with Crippen LogP contribution in [0.5, 0.6) is 0 Å². The molecule has 0 spiro atoms. The standard InChI is InChI=1S/C12H15N3O3/c1-8-13-5-2-10(14-8)11(16)15-6-3-9(4-7-15)12(17)18/h2,5,9H,3-4,6-7H2,1H3,(H,17,18). The second-order valence-corrected chi connectivity index (χ2v) is 4.39. The van der Waals surface area contributed by atoms with E-state index in [4.69, 9.17) is 5.11 Å². The van der Waals surface area contributed by atoms with E-state index in [0.29, 0.717) is 37.4 Å². The third-order valence-electron chi connectivity index (χ3n) is 3.13. The first-order valence-corrected chi connectivity index (χ1v) is 5.89. The third kappa shape index (κ3) is 2.64. The van der Waals surface area contributed by atoms with Crippen LogP contribution >= 0.6 is 0 Å². The first-order chi connectivity index (χ1) is 8.58. The highest BCUT2D eigenvalue weighted by Gasteiger charge is 2.27. The topological polar surface area (TPSA) is 83.4 Å². The summed E-state index contributed by atoms with van der Waals surface area (Å²) in [5.41, 5.74) is 0.372. The molecule has 96 valence electrons. The lowest BCUT2D eigenvalue weighted by atomic mass is 9.97. The second-order valence-electron chi connectivity index (χ2n) is 4.39. The average molecular weight is 249 g/mol. The lowest BCUT2D eigenvalue weighted by Gasteiger charge is -2.29. The highest BCUT2D eigenvalue weighted by Crippen LogP contribution is 2.18. The Morgan fingerprint density at radius 1 is 1.39 bits per heavy atom. The highest BCUT2D eigenvalue weighted by atomic mass is 16.4. The molecule has 2 heterocycles. The van der Waals surface area contributed by atoms with Crippen molar-refractivity contribution >= 4 is 11.9 Å². The van der Waals surface area contributed by atoms with E-state index in [9.17, 15) is 9.59 Å². The number of amides is 1. The molecule has 0 aliphatic carbocycles. The number of hydrogen-bond donors (Lipinski definition) is 1. The molecule has 0 saturated carbocycles. The molecule has 1 aromatic rings. The number of carboxylic acids is 1.